The second kappa shape index (κ2) is 6.43. The summed E-state index contributed by atoms with van der Waals surface area (Å²) in [6.45, 7) is 7.92. The predicted molar refractivity (Wildman–Crippen MR) is 84.4 cm³/mol. The first-order chi connectivity index (χ1) is 9.55. The van der Waals surface area contributed by atoms with E-state index in [-0.39, 0.29) is 11.9 Å². The lowest BCUT2D eigenvalue weighted by molar-refractivity contribution is 0.0942. The number of anilines is 2. The fraction of sp³-hybridized carbons (Fsp3) is 0.714. The Morgan fingerprint density at radius 2 is 2.15 bits per heavy atom. The van der Waals surface area contributed by atoms with Crippen molar-refractivity contribution < 1.29 is 4.79 Å². The molecule has 0 saturated heterocycles. The zero-order chi connectivity index (χ0) is 14.7. The minimum atomic E-state index is -0.0912. The Kier molecular flexibility index (Phi) is 4.86. The van der Waals surface area contributed by atoms with E-state index in [1.807, 2.05) is 0 Å². The van der Waals surface area contributed by atoms with Crippen molar-refractivity contribution in [2.75, 3.05) is 23.7 Å². The van der Waals surface area contributed by atoms with Crippen molar-refractivity contribution in [1.29, 1.82) is 0 Å². The molecule has 1 amide bonds. The summed E-state index contributed by atoms with van der Waals surface area (Å²) in [4.78, 5) is 19.2. The maximum Gasteiger partial charge on any atom is 0.265 e. The van der Waals surface area contributed by atoms with E-state index in [0.29, 0.717) is 10.7 Å². The number of carbonyl (C=O) groups is 1. The van der Waals surface area contributed by atoms with Gasteiger partial charge in [-0.2, -0.15) is 0 Å². The predicted octanol–water partition coefficient (Wildman–Crippen LogP) is 2.49. The Morgan fingerprint density at radius 3 is 2.70 bits per heavy atom. The lowest BCUT2D eigenvalue weighted by atomic mass is 10.1. The summed E-state index contributed by atoms with van der Waals surface area (Å²) in [7, 11) is 0. The third-order valence-corrected chi connectivity index (χ3v) is 4.77. The highest BCUT2D eigenvalue weighted by atomic mass is 32.1. The van der Waals surface area contributed by atoms with Crippen LogP contribution in [0.4, 0.5) is 10.9 Å². The van der Waals surface area contributed by atoms with E-state index in [9.17, 15) is 4.79 Å². The monoisotopic (exact) mass is 296 g/mol. The number of nitrogens with two attached hydrogens (primary N) is 1. The van der Waals surface area contributed by atoms with Gasteiger partial charge in [-0.3, -0.25) is 4.79 Å². The molecule has 6 heteroatoms. The van der Waals surface area contributed by atoms with Gasteiger partial charge in [0.05, 0.1) is 0 Å². The molecular weight excluding hydrogens is 272 g/mol. The highest BCUT2D eigenvalue weighted by Crippen LogP contribution is 2.33. The summed E-state index contributed by atoms with van der Waals surface area (Å²) < 4.78 is 0. The van der Waals surface area contributed by atoms with Gasteiger partial charge in [0.2, 0.25) is 0 Å². The smallest absolute Gasteiger partial charge is 0.265 e. The number of nitrogens with one attached hydrogen (secondary N) is 1. The Hall–Kier alpha value is -1.30. The van der Waals surface area contributed by atoms with Crippen LogP contribution in [-0.2, 0) is 0 Å². The summed E-state index contributed by atoms with van der Waals surface area (Å²) in [6.07, 6.45) is 3.66. The minimum absolute atomic E-state index is 0.0912. The molecule has 3 N–H and O–H groups in total. The van der Waals surface area contributed by atoms with Crippen LogP contribution in [0.15, 0.2) is 0 Å². The first-order valence-electron chi connectivity index (χ1n) is 7.37. The van der Waals surface area contributed by atoms with Crippen LogP contribution in [0.2, 0.25) is 0 Å². The highest BCUT2D eigenvalue weighted by Gasteiger charge is 2.25. The third kappa shape index (κ3) is 3.62. The fourth-order valence-electron chi connectivity index (χ4n) is 2.31. The summed E-state index contributed by atoms with van der Waals surface area (Å²) in [6, 6.07) is 0.202. The lowest BCUT2D eigenvalue weighted by Crippen LogP contribution is -2.32. The maximum atomic E-state index is 12.3. The van der Waals surface area contributed by atoms with Crippen LogP contribution in [0.3, 0.4) is 0 Å². The topological polar surface area (TPSA) is 71.2 Å². The van der Waals surface area contributed by atoms with Gasteiger partial charge in [-0.1, -0.05) is 24.2 Å². The Bertz CT molecular complexity index is 466. The van der Waals surface area contributed by atoms with E-state index in [4.69, 9.17) is 5.73 Å². The molecule has 1 saturated carbocycles. The molecule has 1 atom stereocenters. The van der Waals surface area contributed by atoms with Crippen molar-refractivity contribution in [3.05, 3.63) is 4.88 Å². The molecule has 0 bridgehead atoms. The molecule has 20 heavy (non-hydrogen) atoms. The quantitative estimate of drug-likeness (QED) is 0.811. The van der Waals surface area contributed by atoms with Gasteiger partial charge >= 0.3 is 0 Å². The number of amides is 1. The van der Waals surface area contributed by atoms with Crippen LogP contribution in [0.5, 0.6) is 0 Å². The number of hydrogen-bond acceptors (Lipinski definition) is 5. The van der Waals surface area contributed by atoms with Crippen LogP contribution in [0, 0.1) is 5.92 Å². The molecule has 1 unspecified atom stereocenters. The van der Waals surface area contributed by atoms with Gasteiger partial charge in [-0.15, -0.1) is 0 Å². The molecule has 5 nitrogen and oxygen atoms in total. The van der Waals surface area contributed by atoms with Crippen molar-refractivity contribution in [2.24, 2.45) is 5.92 Å². The van der Waals surface area contributed by atoms with Crippen LogP contribution in [0.1, 0.15) is 49.7 Å². The van der Waals surface area contributed by atoms with Gasteiger partial charge in [0, 0.05) is 19.1 Å². The van der Waals surface area contributed by atoms with Gasteiger partial charge in [-0.25, -0.2) is 4.98 Å². The first-order valence-corrected chi connectivity index (χ1v) is 8.18. The number of hydrogen-bond donors (Lipinski definition) is 2. The van der Waals surface area contributed by atoms with Crippen LogP contribution < -0.4 is 16.0 Å². The largest absolute Gasteiger partial charge is 0.382 e. The average molecular weight is 296 g/mol. The first kappa shape index (κ1) is 15.1. The second-order valence-corrected chi connectivity index (χ2v) is 6.41. The van der Waals surface area contributed by atoms with E-state index >= 15 is 0 Å². The van der Waals surface area contributed by atoms with Gasteiger partial charge < -0.3 is 16.0 Å². The minimum Gasteiger partial charge on any atom is -0.382 e. The number of thiazole rings is 1. The molecule has 2 rings (SSSR count). The fourth-order valence-corrected chi connectivity index (χ4v) is 3.33. The van der Waals surface area contributed by atoms with E-state index in [0.717, 1.165) is 30.6 Å². The van der Waals surface area contributed by atoms with Crippen LogP contribution in [0.25, 0.3) is 0 Å². The Morgan fingerprint density at radius 1 is 1.50 bits per heavy atom. The van der Waals surface area contributed by atoms with Crippen molar-refractivity contribution >= 4 is 28.2 Å². The molecule has 1 aromatic rings. The number of nitrogens with zero attached hydrogens (tertiary/aromatic N) is 2. The normalized spacial score (nSPS) is 15.9. The van der Waals surface area contributed by atoms with E-state index in [2.05, 4.69) is 36.0 Å². The molecule has 1 fully saturated rings. The molecule has 0 aromatic carbocycles. The maximum absolute atomic E-state index is 12.3. The van der Waals surface area contributed by atoms with Gasteiger partial charge in [0.25, 0.3) is 5.91 Å². The molecule has 0 aliphatic heterocycles. The summed E-state index contributed by atoms with van der Waals surface area (Å²) in [5.74, 6) is 1.05. The van der Waals surface area contributed by atoms with Gasteiger partial charge in [0.1, 0.15) is 10.7 Å². The zero-order valence-electron chi connectivity index (χ0n) is 12.5. The summed E-state index contributed by atoms with van der Waals surface area (Å²) >= 11 is 1.38. The van der Waals surface area contributed by atoms with E-state index < -0.39 is 0 Å². The summed E-state index contributed by atoms with van der Waals surface area (Å²) in [5.41, 5.74) is 5.89. The molecule has 112 valence electrons. The SMILES string of the molecule is CCN(CC)c1nc(N)c(C(=O)NC(C)CC2CC2)s1. The van der Waals surface area contributed by atoms with Crippen molar-refractivity contribution in [1.82, 2.24) is 10.3 Å². The lowest BCUT2D eigenvalue weighted by Gasteiger charge is -2.16. The number of aromatic nitrogens is 1. The highest BCUT2D eigenvalue weighted by molar-refractivity contribution is 7.18. The summed E-state index contributed by atoms with van der Waals surface area (Å²) in [5, 5.41) is 3.86. The van der Waals surface area contributed by atoms with E-state index in [1.54, 1.807) is 0 Å². The average Bonchev–Trinajstić information content (AvgIpc) is 3.12. The van der Waals surface area contributed by atoms with Crippen LogP contribution in [-0.4, -0.2) is 30.0 Å². The Balaban J connectivity index is 2.01. The second-order valence-electron chi connectivity index (χ2n) is 5.44. The molecule has 1 aliphatic carbocycles. The van der Waals surface area contributed by atoms with Gasteiger partial charge in [-0.05, 0) is 33.1 Å². The molecule has 0 radical (unpaired) electrons. The number of carbonyl (C=O) groups excluding carboxylic acids is 1. The van der Waals surface area contributed by atoms with Crippen LogP contribution >= 0.6 is 11.3 Å². The number of rotatable bonds is 7. The standard InChI is InChI=1S/C14H24N4OS/c1-4-18(5-2)14-17-12(15)11(20-14)13(19)16-9(3)8-10-6-7-10/h9-10H,4-8,15H2,1-3H3,(H,16,19). The number of nitrogen functional groups attached to an aromatic ring is 1. The molecule has 1 heterocycles. The third-order valence-electron chi connectivity index (χ3n) is 3.64. The molecule has 1 aromatic heterocycles. The van der Waals surface area contributed by atoms with E-state index in [1.165, 1.54) is 24.2 Å². The van der Waals surface area contributed by atoms with Crippen molar-refractivity contribution in [3.8, 4) is 0 Å². The van der Waals surface area contributed by atoms with Gasteiger partial charge in [0.15, 0.2) is 5.13 Å². The van der Waals surface area contributed by atoms with Crippen molar-refractivity contribution in [2.45, 2.75) is 46.1 Å². The zero-order valence-corrected chi connectivity index (χ0v) is 13.3. The molecular formula is C14H24N4OS. The molecule has 1 aliphatic rings. The van der Waals surface area contributed by atoms with Crippen molar-refractivity contribution in [3.63, 3.8) is 0 Å². The molecule has 0 spiro atoms. The Labute approximate surface area is 124 Å².